The lowest BCUT2D eigenvalue weighted by Crippen LogP contribution is -2.40. The van der Waals surface area contributed by atoms with E-state index in [0.29, 0.717) is 43.5 Å². The van der Waals surface area contributed by atoms with Crippen molar-refractivity contribution in [2.24, 2.45) is 0 Å². The molecule has 1 saturated carbocycles. The SMILES string of the molecule is O=C1O[C@]2(CCN(C(=O)C3(c4ccc(-c5ccncc5)cc4F)CC3)C2)c2ccccc21. The van der Waals surface area contributed by atoms with Gasteiger partial charge in [-0.05, 0) is 48.2 Å². The van der Waals surface area contributed by atoms with Gasteiger partial charge in [-0.2, -0.15) is 0 Å². The van der Waals surface area contributed by atoms with Gasteiger partial charge < -0.3 is 9.64 Å². The summed E-state index contributed by atoms with van der Waals surface area (Å²) < 4.78 is 21.0. The second kappa shape index (κ2) is 6.73. The number of carbonyl (C=O) groups is 2. The molecule has 5 nitrogen and oxygen atoms in total. The highest BCUT2D eigenvalue weighted by atomic mass is 19.1. The maximum absolute atomic E-state index is 15.2. The summed E-state index contributed by atoms with van der Waals surface area (Å²) in [5.41, 5.74) is 1.89. The van der Waals surface area contributed by atoms with Crippen LogP contribution in [0.5, 0.6) is 0 Å². The summed E-state index contributed by atoms with van der Waals surface area (Å²) in [7, 11) is 0. The molecule has 1 spiro atoms. The van der Waals surface area contributed by atoms with Gasteiger partial charge in [0.25, 0.3) is 0 Å². The number of nitrogens with zero attached hydrogens (tertiary/aromatic N) is 2. The summed E-state index contributed by atoms with van der Waals surface area (Å²) >= 11 is 0. The van der Waals surface area contributed by atoms with E-state index in [1.165, 1.54) is 6.07 Å². The number of benzene rings is 2. The van der Waals surface area contributed by atoms with Crippen LogP contribution in [0, 0.1) is 5.82 Å². The maximum atomic E-state index is 15.2. The monoisotopic (exact) mass is 428 g/mol. The molecule has 3 heterocycles. The molecule has 2 fully saturated rings. The van der Waals surface area contributed by atoms with Gasteiger partial charge in [0.2, 0.25) is 5.91 Å². The van der Waals surface area contributed by atoms with Crippen LogP contribution in [0.15, 0.2) is 67.0 Å². The molecule has 32 heavy (non-hydrogen) atoms. The number of aromatic nitrogens is 1. The summed E-state index contributed by atoms with van der Waals surface area (Å²) in [5.74, 6) is -0.782. The van der Waals surface area contributed by atoms with Crippen LogP contribution in [0.1, 0.15) is 40.7 Å². The molecule has 0 bridgehead atoms. The topological polar surface area (TPSA) is 59.5 Å². The zero-order valence-corrected chi connectivity index (χ0v) is 17.4. The van der Waals surface area contributed by atoms with E-state index in [1.54, 1.807) is 29.4 Å². The van der Waals surface area contributed by atoms with Gasteiger partial charge >= 0.3 is 5.97 Å². The van der Waals surface area contributed by atoms with E-state index in [1.807, 2.05) is 36.4 Å². The first kappa shape index (κ1) is 19.2. The van der Waals surface area contributed by atoms with Crippen molar-refractivity contribution < 1.29 is 18.7 Å². The van der Waals surface area contributed by atoms with Crippen LogP contribution < -0.4 is 0 Å². The second-order valence-corrected chi connectivity index (χ2v) is 8.92. The third kappa shape index (κ3) is 2.72. The van der Waals surface area contributed by atoms with Crippen LogP contribution >= 0.6 is 0 Å². The highest BCUT2D eigenvalue weighted by Gasteiger charge is 2.58. The normalized spacial score (nSPS) is 22.7. The number of pyridine rings is 1. The number of esters is 1. The zero-order valence-electron chi connectivity index (χ0n) is 17.4. The lowest BCUT2D eigenvalue weighted by atomic mass is 9.90. The zero-order chi connectivity index (χ0) is 21.9. The molecule has 6 rings (SSSR count). The summed E-state index contributed by atoms with van der Waals surface area (Å²) in [5, 5.41) is 0. The van der Waals surface area contributed by atoms with Crippen molar-refractivity contribution in [2.75, 3.05) is 13.1 Å². The Hall–Kier alpha value is -3.54. The van der Waals surface area contributed by atoms with Gasteiger partial charge in [0.1, 0.15) is 5.82 Å². The van der Waals surface area contributed by atoms with Gasteiger partial charge in [-0.1, -0.05) is 30.3 Å². The standard InChI is InChI=1S/C26H21FN2O3/c27-22-15-18(17-7-12-28-13-8-17)5-6-21(22)25(9-10-25)24(31)29-14-11-26(16-29)20-4-2-1-3-19(20)23(30)32-26/h1-8,12-13,15H,9-11,14,16H2/t26-/m0/s1. The van der Waals surface area contributed by atoms with Crippen LogP contribution in [0.4, 0.5) is 4.39 Å². The van der Waals surface area contributed by atoms with E-state index in [2.05, 4.69) is 4.98 Å². The van der Waals surface area contributed by atoms with Crippen molar-refractivity contribution in [3.63, 3.8) is 0 Å². The van der Waals surface area contributed by atoms with Crippen LogP contribution in [0.25, 0.3) is 11.1 Å². The van der Waals surface area contributed by atoms with Crippen molar-refractivity contribution in [3.8, 4) is 11.1 Å². The molecule has 160 valence electrons. The molecule has 2 aromatic carbocycles. The fraction of sp³-hybridized carbons (Fsp3) is 0.269. The average molecular weight is 428 g/mol. The van der Waals surface area contributed by atoms with E-state index in [0.717, 1.165) is 16.7 Å². The molecule has 0 unspecified atom stereocenters. The van der Waals surface area contributed by atoms with Gasteiger partial charge in [0, 0.05) is 36.5 Å². The van der Waals surface area contributed by atoms with Crippen LogP contribution in [-0.2, 0) is 20.5 Å². The van der Waals surface area contributed by atoms with E-state index in [9.17, 15) is 9.59 Å². The first-order valence-corrected chi connectivity index (χ1v) is 10.9. The fourth-order valence-corrected chi connectivity index (χ4v) is 5.26. The molecule has 3 aromatic rings. The third-order valence-corrected chi connectivity index (χ3v) is 7.10. The Morgan fingerprint density at radius 1 is 0.969 bits per heavy atom. The Balaban J connectivity index is 1.28. The molecule has 0 radical (unpaired) electrons. The lowest BCUT2D eigenvalue weighted by molar-refractivity contribution is -0.134. The smallest absolute Gasteiger partial charge is 0.339 e. The second-order valence-electron chi connectivity index (χ2n) is 8.92. The van der Waals surface area contributed by atoms with Gasteiger partial charge in [-0.25, -0.2) is 9.18 Å². The number of likely N-dealkylation sites (tertiary alicyclic amines) is 1. The quantitative estimate of drug-likeness (QED) is 0.586. The van der Waals surface area contributed by atoms with Crippen LogP contribution in [0.3, 0.4) is 0 Å². The number of hydrogen-bond donors (Lipinski definition) is 0. The minimum Gasteiger partial charge on any atom is -0.449 e. The minimum atomic E-state index is -0.825. The Labute approximate surface area is 184 Å². The van der Waals surface area contributed by atoms with E-state index in [-0.39, 0.29) is 17.7 Å². The van der Waals surface area contributed by atoms with Crippen LogP contribution in [0.2, 0.25) is 0 Å². The molecule has 1 saturated heterocycles. The number of halogens is 1. The van der Waals surface area contributed by atoms with Gasteiger partial charge in [-0.15, -0.1) is 0 Å². The van der Waals surface area contributed by atoms with Gasteiger partial charge in [-0.3, -0.25) is 9.78 Å². The van der Waals surface area contributed by atoms with Crippen LogP contribution in [-0.4, -0.2) is 34.8 Å². The predicted octanol–water partition coefficient (Wildman–Crippen LogP) is 4.22. The predicted molar refractivity (Wildman–Crippen MR) is 115 cm³/mol. The lowest BCUT2D eigenvalue weighted by Gasteiger charge is -2.27. The third-order valence-electron chi connectivity index (χ3n) is 7.10. The number of amides is 1. The van der Waals surface area contributed by atoms with Crippen molar-refractivity contribution in [2.45, 2.75) is 30.3 Å². The molecule has 3 aliphatic rings. The first-order valence-electron chi connectivity index (χ1n) is 10.9. The summed E-state index contributed by atoms with van der Waals surface area (Å²) in [6, 6.07) is 16.1. The highest BCUT2D eigenvalue weighted by molar-refractivity contribution is 5.96. The highest BCUT2D eigenvalue weighted by Crippen LogP contribution is 2.53. The molecule has 1 aromatic heterocycles. The molecular weight excluding hydrogens is 407 g/mol. The number of rotatable bonds is 3. The summed E-state index contributed by atoms with van der Waals surface area (Å²) in [6.07, 6.45) is 5.14. The first-order chi connectivity index (χ1) is 15.5. The number of ether oxygens (including phenoxy) is 1. The van der Waals surface area contributed by atoms with Crippen molar-refractivity contribution in [3.05, 3.63) is 89.5 Å². The van der Waals surface area contributed by atoms with Gasteiger partial charge in [0.15, 0.2) is 5.60 Å². The number of hydrogen-bond acceptors (Lipinski definition) is 4. The Morgan fingerprint density at radius 3 is 2.50 bits per heavy atom. The maximum Gasteiger partial charge on any atom is 0.339 e. The molecule has 1 amide bonds. The Kier molecular flexibility index (Phi) is 4.03. The molecule has 1 atom stereocenters. The van der Waals surface area contributed by atoms with Crippen molar-refractivity contribution in [1.82, 2.24) is 9.88 Å². The summed E-state index contributed by atoms with van der Waals surface area (Å²) in [4.78, 5) is 31.7. The Morgan fingerprint density at radius 2 is 1.75 bits per heavy atom. The summed E-state index contributed by atoms with van der Waals surface area (Å²) in [6.45, 7) is 0.798. The largest absolute Gasteiger partial charge is 0.449 e. The molecule has 2 aliphatic heterocycles. The van der Waals surface area contributed by atoms with Crippen molar-refractivity contribution in [1.29, 1.82) is 0 Å². The average Bonchev–Trinajstić information content (AvgIpc) is 3.44. The number of fused-ring (bicyclic) bond motifs is 2. The van der Waals surface area contributed by atoms with E-state index < -0.39 is 11.0 Å². The minimum absolute atomic E-state index is 0.0784. The molecule has 0 N–H and O–H groups in total. The number of carbonyl (C=O) groups excluding carboxylic acids is 2. The molecule has 1 aliphatic carbocycles. The van der Waals surface area contributed by atoms with E-state index in [4.69, 9.17) is 4.74 Å². The fourth-order valence-electron chi connectivity index (χ4n) is 5.26. The van der Waals surface area contributed by atoms with Gasteiger partial charge in [0.05, 0.1) is 17.5 Å². The van der Waals surface area contributed by atoms with E-state index >= 15 is 4.39 Å². The molecule has 6 heteroatoms. The van der Waals surface area contributed by atoms with Crippen molar-refractivity contribution >= 4 is 11.9 Å². The Bertz CT molecular complexity index is 1250. The molecular formula is C26H21FN2O3.